The Morgan fingerprint density at radius 2 is 1.58 bits per heavy atom. The van der Waals surface area contributed by atoms with E-state index in [2.05, 4.69) is 82.3 Å². The Morgan fingerprint density at radius 1 is 0.831 bits per heavy atom. The molecule has 6 aliphatic carbocycles. The number of carbonyl (C=O) groups is 3. The smallest absolute Gasteiger partial charge is 0.309 e. The normalized spacial score (nSPS) is 43.0. The number of ether oxygens (including phenoxy) is 1. The summed E-state index contributed by atoms with van der Waals surface area (Å²) >= 11 is 0. The van der Waals surface area contributed by atoms with Gasteiger partial charge in [-0.1, -0.05) is 91.0 Å². The minimum Gasteiger partial charge on any atom is -0.481 e. The Kier molecular flexibility index (Phi) is 9.58. The summed E-state index contributed by atoms with van der Waals surface area (Å²) in [4.78, 5) is 51.8. The molecule has 0 radical (unpaired) electrons. The van der Waals surface area contributed by atoms with Crippen molar-refractivity contribution >= 4 is 17.8 Å². The second kappa shape index (κ2) is 13.8. The van der Waals surface area contributed by atoms with Crippen LogP contribution in [0.25, 0.3) is 11.3 Å². The number of hydrogen-bond donors (Lipinski definition) is 2. The van der Waals surface area contributed by atoms with E-state index < -0.39 is 17.3 Å². The van der Waals surface area contributed by atoms with Crippen LogP contribution in [0.4, 0.5) is 0 Å². The van der Waals surface area contributed by atoms with E-state index in [1.807, 2.05) is 26.1 Å². The summed E-state index contributed by atoms with van der Waals surface area (Å²) in [5.74, 6) is 1.53. The first-order chi connectivity index (χ1) is 27.8. The maximum Gasteiger partial charge on any atom is 0.309 e. The van der Waals surface area contributed by atoms with Gasteiger partial charge >= 0.3 is 11.9 Å². The Balaban J connectivity index is 0.968. The number of allylic oxidation sites excluding steroid dienone is 1. The van der Waals surface area contributed by atoms with Crippen LogP contribution in [0.5, 0.6) is 0 Å². The molecule has 7 fully saturated rings. The number of fused-ring (bicyclic) bond motifs is 7. The van der Waals surface area contributed by atoms with Gasteiger partial charge in [-0.3, -0.25) is 14.4 Å². The number of benzene rings is 1. The lowest BCUT2D eigenvalue weighted by Gasteiger charge is -2.73. The van der Waals surface area contributed by atoms with Crippen LogP contribution < -0.4 is 0 Å². The number of amides is 1. The van der Waals surface area contributed by atoms with Gasteiger partial charge in [-0.15, -0.1) is 0 Å². The van der Waals surface area contributed by atoms with Crippen LogP contribution in [-0.4, -0.2) is 50.5 Å². The molecule has 0 bridgehead atoms. The van der Waals surface area contributed by atoms with Crippen LogP contribution in [-0.2, 0) is 19.1 Å². The zero-order valence-electron chi connectivity index (χ0n) is 37.2. The Bertz CT molecular complexity index is 2020. The zero-order valence-corrected chi connectivity index (χ0v) is 37.2. The SMILES string of the molecule is C=C(C)[C@@H]1CC[C@]2(C(=O)N3CCC[C@H]3c3ncc(-c4ccccc4)[nH]3)CC[C@]3(C)[C@H](CC[C@@H]4C5(C)CC[C@H](OC(=O)[C@H]6CC(C(=O)O)C6(C)C)C(C)(C)[C@@H]5CC[C@]43C)[C@@H]12. The summed E-state index contributed by atoms with van der Waals surface area (Å²) in [6.07, 6.45) is 14.7. The molecule has 1 aliphatic heterocycles. The summed E-state index contributed by atoms with van der Waals surface area (Å²) in [7, 11) is 0. The van der Waals surface area contributed by atoms with Gasteiger partial charge < -0.3 is 19.7 Å². The second-order valence-corrected chi connectivity index (χ2v) is 22.8. The number of rotatable bonds is 7. The summed E-state index contributed by atoms with van der Waals surface area (Å²) < 4.78 is 6.47. The first kappa shape index (κ1) is 41.0. The van der Waals surface area contributed by atoms with Gasteiger partial charge in [-0.2, -0.15) is 0 Å². The topological polar surface area (TPSA) is 113 Å². The second-order valence-electron chi connectivity index (χ2n) is 22.8. The number of aromatic nitrogens is 2. The zero-order chi connectivity index (χ0) is 42.1. The molecule has 7 aliphatic rings. The Labute approximate surface area is 353 Å². The van der Waals surface area contributed by atoms with Crippen molar-refractivity contribution in [1.29, 1.82) is 0 Å². The predicted molar refractivity (Wildman–Crippen MR) is 230 cm³/mol. The molecule has 1 amide bonds. The van der Waals surface area contributed by atoms with Crippen molar-refractivity contribution < 1.29 is 24.2 Å². The van der Waals surface area contributed by atoms with Crippen LogP contribution in [0.1, 0.15) is 151 Å². The molecule has 2 heterocycles. The van der Waals surface area contributed by atoms with Crippen molar-refractivity contribution in [3.8, 4) is 11.3 Å². The standard InChI is InChI=1S/C51H71N3O5/c1-30(2)32-19-24-51(45(58)54-27-13-16-37(54)42-52-29-36(53-42)31-14-11-10-12-15-31)26-25-49(8)33(41(32)51)17-18-39-48(7)22-21-40(47(5,6)38(48)20-23-50(39,49)9)59-44(57)35-28-34(43(55)56)46(35,3)4/h10-12,14-15,29,32-35,37-41H,1,13,16-28H2,2-9H3,(H,52,53)(H,55,56)/t32-,33+,34?,35+,37-,38-,39+,40-,41+,48?,49+,50+,51-/m0/s1. The number of nitrogens with one attached hydrogen (secondary N) is 1. The van der Waals surface area contributed by atoms with Crippen molar-refractivity contribution in [2.45, 2.75) is 151 Å². The van der Waals surface area contributed by atoms with Crippen molar-refractivity contribution in [3.05, 3.63) is 54.5 Å². The van der Waals surface area contributed by atoms with E-state index >= 15 is 4.79 Å². The van der Waals surface area contributed by atoms with Crippen molar-refractivity contribution in [2.24, 2.45) is 73.9 Å². The molecule has 2 N–H and O–H groups in total. The lowest BCUT2D eigenvalue weighted by Crippen LogP contribution is -2.67. The number of carboxylic acid groups (broad SMARTS) is 1. The van der Waals surface area contributed by atoms with E-state index in [-0.39, 0.29) is 51.1 Å². The molecule has 1 aromatic carbocycles. The number of H-pyrrole nitrogens is 1. The number of aromatic amines is 1. The highest BCUT2D eigenvalue weighted by atomic mass is 16.5. The monoisotopic (exact) mass is 806 g/mol. The highest BCUT2D eigenvalue weighted by molar-refractivity contribution is 5.85. The minimum absolute atomic E-state index is 0.0183. The van der Waals surface area contributed by atoms with Gasteiger partial charge in [0.1, 0.15) is 11.9 Å². The molecule has 1 saturated heterocycles. The average Bonchev–Trinajstić information content (AvgIpc) is 3.95. The average molecular weight is 806 g/mol. The first-order valence-electron chi connectivity index (χ1n) is 23.3. The van der Waals surface area contributed by atoms with Crippen molar-refractivity contribution in [3.63, 3.8) is 0 Å². The molecular weight excluding hydrogens is 735 g/mol. The molecule has 8 heteroatoms. The summed E-state index contributed by atoms with van der Waals surface area (Å²) in [6.45, 7) is 24.0. The van der Waals surface area contributed by atoms with Gasteiger partial charge in [-0.25, -0.2) is 4.98 Å². The molecule has 2 aromatic rings. The fourth-order valence-electron chi connectivity index (χ4n) is 16.5. The number of carbonyl (C=O) groups excluding carboxylic acids is 2. The van der Waals surface area contributed by atoms with E-state index in [1.165, 1.54) is 12.0 Å². The van der Waals surface area contributed by atoms with Gasteiger partial charge in [0.05, 0.1) is 35.2 Å². The molecule has 320 valence electrons. The number of nitrogens with zero attached hydrogens (tertiary/aromatic N) is 2. The van der Waals surface area contributed by atoms with E-state index in [0.717, 1.165) is 94.3 Å². The Morgan fingerprint density at radius 3 is 2.27 bits per heavy atom. The van der Waals surface area contributed by atoms with Crippen LogP contribution in [0.15, 0.2) is 48.7 Å². The first-order valence-corrected chi connectivity index (χ1v) is 23.3. The lowest BCUT2D eigenvalue weighted by molar-refractivity contribution is -0.251. The third-order valence-electron chi connectivity index (χ3n) is 20.1. The van der Waals surface area contributed by atoms with Crippen LogP contribution in [0.3, 0.4) is 0 Å². The van der Waals surface area contributed by atoms with Gasteiger partial charge in [0.2, 0.25) is 5.91 Å². The van der Waals surface area contributed by atoms with E-state index in [4.69, 9.17) is 9.72 Å². The predicted octanol–water partition coefficient (Wildman–Crippen LogP) is 11.1. The maximum absolute atomic E-state index is 15.5. The van der Waals surface area contributed by atoms with E-state index in [9.17, 15) is 14.7 Å². The number of aliphatic carboxylic acids is 1. The Hall–Kier alpha value is -3.42. The number of imidazole rings is 1. The quantitative estimate of drug-likeness (QED) is 0.213. The molecule has 9 rings (SSSR count). The molecule has 0 spiro atoms. The molecule has 1 aromatic heterocycles. The fourth-order valence-corrected chi connectivity index (χ4v) is 16.5. The fraction of sp³-hybridized carbons (Fsp3) is 0.725. The summed E-state index contributed by atoms with van der Waals surface area (Å²) in [5, 5.41) is 9.70. The molecule has 6 saturated carbocycles. The number of carboxylic acids is 1. The lowest BCUT2D eigenvalue weighted by atomic mass is 9.32. The van der Waals surface area contributed by atoms with Crippen molar-refractivity contribution in [1.82, 2.24) is 14.9 Å². The summed E-state index contributed by atoms with van der Waals surface area (Å²) in [6, 6.07) is 10.3. The number of likely N-dealkylation sites (tertiary alicyclic amines) is 1. The maximum atomic E-state index is 15.5. The molecule has 59 heavy (non-hydrogen) atoms. The van der Waals surface area contributed by atoms with Gasteiger partial charge in [0.25, 0.3) is 0 Å². The number of hydrogen-bond acceptors (Lipinski definition) is 5. The highest BCUT2D eigenvalue weighted by Crippen LogP contribution is 2.78. The third-order valence-corrected chi connectivity index (χ3v) is 20.1. The largest absolute Gasteiger partial charge is 0.481 e. The van der Waals surface area contributed by atoms with Gasteiger partial charge in [0.15, 0.2) is 0 Å². The summed E-state index contributed by atoms with van der Waals surface area (Å²) in [5.41, 5.74) is 2.60. The van der Waals surface area contributed by atoms with Gasteiger partial charge in [-0.05, 0) is 147 Å². The molecule has 2 unspecified atom stereocenters. The van der Waals surface area contributed by atoms with E-state index in [0.29, 0.717) is 41.9 Å². The van der Waals surface area contributed by atoms with E-state index in [1.54, 1.807) is 0 Å². The van der Waals surface area contributed by atoms with Gasteiger partial charge in [0, 0.05) is 12.0 Å². The third kappa shape index (κ3) is 5.71. The highest BCUT2D eigenvalue weighted by Gasteiger charge is 2.72. The molecule has 13 atom stereocenters. The number of esters is 1. The molecule has 8 nitrogen and oxygen atoms in total. The molecular formula is C51H71N3O5. The van der Waals surface area contributed by atoms with Crippen molar-refractivity contribution in [2.75, 3.05) is 6.54 Å². The van der Waals surface area contributed by atoms with Crippen LogP contribution in [0, 0.1) is 73.9 Å². The van der Waals surface area contributed by atoms with Crippen LogP contribution in [0.2, 0.25) is 0 Å². The van der Waals surface area contributed by atoms with Crippen LogP contribution >= 0.6 is 0 Å². The minimum atomic E-state index is -0.817.